The van der Waals surface area contributed by atoms with Crippen molar-refractivity contribution in [3.63, 3.8) is 0 Å². The average molecular weight is 357 g/mol. The van der Waals surface area contributed by atoms with Crippen LogP contribution >= 0.6 is 0 Å². The summed E-state index contributed by atoms with van der Waals surface area (Å²) in [6, 6.07) is 4.39. The van der Waals surface area contributed by atoms with Crippen molar-refractivity contribution in [2.24, 2.45) is 5.73 Å². The zero-order chi connectivity index (χ0) is 18.6. The minimum Gasteiger partial charge on any atom is -0.417 e. The van der Waals surface area contributed by atoms with Gasteiger partial charge >= 0.3 is 6.61 Å². The number of anilines is 1. The fourth-order valence-corrected chi connectivity index (χ4v) is 2.18. The number of ether oxygens (including phenoxy) is 1. The molecule has 0 radical (unpaired) electrons. The second-order valence-electron chi connectivity index (χ2n) is 5.22. The van der Waals surface area contributed by atoms with Crippen molar-refractivity contribution < 1.29 is 27.1 Å². The first-order chi connectivity index (χ1) is 11.8. The van der Waals surface area contributed by atoms with Crippen molar-refractivity contribution in [1.82, 2.24) is 4.98 Å². The Kier molecular flexibility index (Phi) is 5.92. The summed E-state index contributed by atoms with van der Waals surface area (Å²) in [5.74, 6) is -2.35. The summed E-state index contributed by atoms with van der Waals surface area (Å²) in [6.07, 6.45) is 1.10. The van der Waals surface area contributed by atoms with Gasteiger partial charge in [-0.05, 0) is 30.2 Å². The van der Waals surface area contributed by atoms with Crippen molar-refractivity contribution in [3.8, 4) is 5.88 Å². The number of alkyl halides is 2. The molecule has 134 valence electrons. The maximum absolute atomic E-state index is 13.2. The van der Waals surface area contributed by atoms with E-state index in [1.807, 2.05) is 0 Å². The molecule has 0 spiro atoms. The number of nitrogens with two attached hydrogens (primary N) is 1. The summed E-state index contributed by atoms with van der Waals surface area (Å²) < 4.78 is 54.6. The molecule has 1 aromatic carbocycles. The van der Waals surface area contributed by atoms with Gasteiger partial charge in [-0.25, -0.2) is 13.8 Å². The molecule has 1 aromatic heterocycles. The first-order valence-corrected chi connectivity index (χ1v) is 7.15. The smallest absolute Gasteiger partial charge is 0.388 e. The average Bonchev–Trinajstić information content (AvgIpc) is 2.52. The standard InChI is InChI=1S/C16H15F4N3O2/c1-23(12-2-3-14(22-8-12)25-16(19)20)15(24)13(21)6-9-4-10(17)7-11(18)5-9/h2-5,7-8,13,16H,6,21H2,1H3/t13-/m0/s1. The van der Waals surface area contributed by atoms with Crippen LogP contribution in [0.4, 0.5) is 23.2 Å². The van der Waals surface area contributed by atoms with Gasteiger partial charge in [-0.2, -0.15) is 8.78 Å². The van der Waals surface area contributed by atoms with Crippen LogP contribution in [0.1, 0.15) is 5.56 Å². The molecule has 0 saturated heterocycles. The van der Waals surface area contributed by atoms with E-state index in [0.717, 1.165) is 18.2 Å². The highest BCUT2D eigenvalue weighted by molar-refractivity contribution is 5.96. The van der Waals surface area contributed by atoms with Gasteiger partial charge in [-0.15, -0.1) is 0 Å². The SMILES string of the molecule is CN(C(=O)[C@@H](N)Cc1cc(F)cc(F)c1)c1ccc(OC(F)F)nc1. The number of pyridine rings is 1. The third-order valence-electron chi connectivity index (χ3n) is 3.34. The first kappa shape index (κ1) is 18.7. The van der Waals surface area contributed by atoms with Gasteiger partial charge < -0.3 is 15.4 Å². The molecule has 0 saturated carbocycles. The number of nitrogens with zero attached hydrogens (tertiary/aromatic N) is 2. The fraction of sp³-hybridized carbons (Fsp3) is 0.250. The van der Waals surface area contributed by atoms with E-state index in [0.29, 0.717) is 5.69 Å². The van der Waals surface area contributed by atoms with E-state index in [2.05, 4.69) is 9.72 Å². The summed E-state index contributed by atoms with van der Waals surface area (Å²) in [6.45, 7) is -3.00. The second-order valence-corrected chi connectivity index (χ2v) is 5.22. The Morgan fingerprint density at radius 3 is 2.40 bits per heavy atom. The van der Waals surface area contributed by atoms with E-state index in [1.54, 1.807) is 0 Å². The minimum atomic E-state index is -3.00. The van der Waals surface area contributed by atoms with Crippen molar-refractivity contribution in [2.45, 2.75) is 19.1 Å². The van der Waals surface area contributed by atoms with Crippen LogP contribution in [0.2, 0.25) is 0 Å². The minimum absolute atomic E-state index is 0.0716. The monoisotopic (exact) mass is 357 g/mol. The van der Waals surface area contributed by atoms with Crippen LogP contribution < -0.4 is 15.4 Å². The van der Waals surface area contributed by atoms with Crippen LogP contribution in [-0.2, 0) is 11.2 Å². The normalized spacial score (nSPS) is 12.1. The Morgan fingerprint density at radius 2 is 1.88 bits per heavy atom. The molecule has 5 nitrogen and oxygen atoms in total. The molecular weight excluding hydrogens is 342 g/mol. The van der Waals surface area contributed by atoms with Gasteiger partial charge in [0, 0.05) is 19.2 Å². The Labute approximate surface area is 141 Å². The Morgan fingerprint density at radius 1 is 1.24 bits per heavy atom. The molecule has 1 amide bonds. The molecule has 2 aromatic rings. The number of amides is 1. The van der Waals surface area contributed by atoms with Gasteiger partial charge in [0.25, 0.3) is 0 Å². The third-order valence-corrected chi connectivity index (χ3v) is 3.34. The van der Waals surface area contributed by atoms with Crippen molar-refractivity contribution in [1.29, 1.82) is 0 Å². The van der Waals surface area contributed by atoms with Crippen LogP contribution in [0.25, 0.3) is 0 Å². The van der Waals surface area contributed by atoms with E-state index in [-0.39, 0.29) is 17.9 Å². The molecule has 0 unspecified atom stereocenters. The lowest BCUT2D eigenvalue weighted by atomic mass is 10.1. The molecule has 2 N–H and O–H groups in total. The highest BCUT2D eigenvalue weighted by atomic mass is 19.3. The number of halogens is 4. The lowest BCUT2D eigenvalue weighted by Crippen LogP contribution is -2.43. The largest absolute Gasteiger partial charge is 0.417 e. The van der Waals surface area contributed by atoms with E-state index in [9.17, 15) is 22.4 Å². The summed E-state index contributed by atoms with van der Waals surface area (Å²) in [5, 5.41) is 0. The van der Waals surface area contributed by atoms with Gasteiger partial charge in [0.15, 0.2) is 0 Å². The number of likely N-dealkylation sites (N-methyl/N-ethyl adjacent to an activating group) is 1. The number of aromatic nitrogens is 1. The zero-order valence-corrected chi connectivity index (χ0v) is 13.1. The van der Waals surface area contributed by atoms with Crippen LogP contribution in [0.3, 0.4) is 0 Å². The maximum atomic E-state index is 13.2. The zero-order valence-electron chi connectivity index (χ0n) is 13.1. The molecule has 0 aliphatic carbocycles. The molecule has 9 heteroatoms. The summed E-state index contributed by atoms with van der Waals surface area (Å²) in [5.41, 5.74) is 6.34. The number of hydrogen-bond acceptors (Lipinski definition) is 4. The van der Waals surface area contributed by atoms with Crippen molar-refractivity contribution in [2.75, 3.05) is 11.9 Å². The quantitative estimate of drug-likeness (QED) is 0.807. The summed E-state index contributed by atoms with van der Waals surface area (Å²) in [4.78, 5) is 17.1. The molecule has 25 heavy (non-hydrogen) atoms. The van der Waals surface area contributed by atoms with Crippen LogP contribution in [0.5, 0.6) is 5.88 Å². The van der Waals surface area contributed by atoms with Gasteiger partial charge in [0.2, 0.25) is 11.8 Å². The van der Waals surface area contributed by atoms with E-state index >= 15 is 0 Å². The topological polar surface area (TPSA) is 68.5 Å². The number of benzene rings is 1. The van der Waals surface area contributed by atoms with Gasteiger partial charge in [-0.1, -0.05) is 0 Å². The van der Waals surface area contributed by atoms with Gasteiger partial charge in [0.05, 0.1) is 17.9 Å². The van der Waals surface area contributed by atoms with E-state index in [4.69, 9.17) is 5.73 Å². The van der Waals surface area contributed by atoms with Crippen LogP contribution in [-0.4, -0.2) is 30.6 Å². The summed E-state index contributed by atoms with van der Waals surface area (Å²) >= 11 is 0. The molecule has 0 fully saturated rings. The summed E-state index contributed by atoms with van der Waals surface area (Å²) in [7, 11) is 1.42. The molecule has 0 aliphatic heterocycles. The van der Waals surface area contributed by atoms with Gasteiger partial charge in [0.1, 0.15) is 11.6 Å². The Balaban J connectivity index is 2.05. The van der Waals surface area contributed by atoms with E-state index in [1.165, 1.54) is 30.3 Å². The number of carbonyl (C=O) groups is 1. The van der Waals surface area contributed by atoms with Crippen LogP contribution in [0.15, 0.2) is 36.5 Å². The maximum Gasteiger partial charge on any atom is 0.388 e. The molecule has 2 rings (SSSR count). The molecule has 1 atom stereocenters. The number of hydrogen-bond donors (Lipinski definition) is 1. The predicted molar refractivity (Wildman–Crippen MR) is 82.3 cm³/mol. The van der Waals surface area contributed by atoms with Gasteiger partial charge in [-0.3, -0.25) is 4.79 Å². The highest BCUT2D eigenvalue weighted by Crippen LogP contribution is 2.18. The lowest BCUT2D eigenvalue weighted by molar-refractivity contribution is -0.119. The first-order valence-electron chi connectivity index (χ1n) is 7.15. The molecule has 1 heterocycles. The van der Waals surface area contributed by atoms with Crippen molar-refractivity contribution >= 4 is 11.6 Å². The second kappa shape index (κ2) is 7.93. The molecular formula is C16H15F4N3O2. The van der Waals surface area contributed by atoms with E-state index < -0.39 is 30.2 Å². The van der Waals surface area contributed by atoms with Crippen molar-refractivity contribution in [3.05, 3.63) is 53.7 Å². The fourth-order valence-electron chi connectivity index (χ4n) is 2.18. The van der Waals surface area contributed by atoms with Crippen LogP contribution in [0, 0.1) is 11.6 Å². The number of carbonyl (C=O) groups excluding carboxylic acids is 1. The number of rotatable bonds is 6. The third kappa shape index (κ3) is 5.15. The Hall–Kier alpha value is -2.68. The lowest BCUT2D eigenvalue weighted by Gasteiger charge is -2.21. The Bertz CT molecular complexity index is 720. The molecule has 0 bridgehead atoms. The highest BCUT2D eigenvalue weighted by Gasteiger charge is 2.20. The predicted octanol–water partition coefficient (Wildman–Crippen LogP) is 2.49. The molecule has 0 aliphatic rings.